The topological polar surface area (TPSA) is 502 Å². The van der Waals surface area contributed by atoms with Crippen LogP contribution >= 0.6 is 11.6 Å². The second kappa shape index (κ2) is 40.7. The molecule has 10 atom stereocenters. The maximum atomic E-state index is 15.1. The summed E-state index contributed by atoms with van der Waals surface area (Å²) >= 11 is 6.22. The van der Waals surface area contributed by atoms with Gasteiger partial charge in [0, 0.05) is 62.5 Å². The van der Waals surface area contributed by atoms with Crippen LogP contribution in [0, 0.1) is 5.92 Å². The van der Waals surface area contributed by atoms with Gasteiger partial charge >= 0.3 is 5.97 Å². The van der Waals surface area contributed by atoms with E-state index in [0.717, 1.165) is 16.3 Å². The highest BCUT2D eigenvalue weighted by atomic mass is 35.5. The molecule has 1 aliphatic rings. The van der Waals surface area contributed by atoms with Gasteiger partial charge in [-0.05, 0) is 146 Å². The van der Waals surface area contributed by atoms with Gasteiger partial charge in [-0.3, -0.25) is 62.7 Å². The number of phenolic OH excluding ortho intramolecular Hbond substituents is 1. The van der Waals surface area contributed by atoms with Gasteiger partial charge < -0.3 is 91.0 Å². The van der Waals surface area contributed by atoms with E-state index in [2.05, 4.69) is 62.8 Å². The van der Waals surface area contributed by atoms with Gasteiger partial charge in [-0.2, -0.15) is 0 Å². The Morgan fingerprint density at radius 1 is 0.594 bits per heavy atom. The number of halogens is 1. The lowest BCUT2D eigenvalue weighted by Crippen LogP contribution is -2.61. The number of benzene rings is 4. The number of likely N-dealkylation sites (tertiary alicyclic amines) is 1. The maximum Gasteiger partial charge on any atom is 0.325 e. The minimum Gasteiger partial charge on any atom is -0.508 e. The Kier molecular flexibility index (Phi) is 31.5. The molecule has 20 N–H and O–H groups in total. The fraction of sp³-hybridized carbons (Fsp3) is 0.405. The molecule has 31 nitrogen and oxygen atoms in total. The van der Waals surface area contributed by atoms with Crippen LogP contribution < -0.4 is 70.8 Å². The Balaban J connectivity index is 1.13. The molecule has 32 heteroatoms. The molecule has 0 bridgehead atoms. The highest BCUT2D eigenvalue weighted by molar-refractivity contribution is 6.30. The van der Waals surface area contributed by atoms with Crippen LogP contribution in [-0.2, 0) is 73.6 Å². The monoisotopic (exact) mass is 1480 g/mol. The third-order valence-corrected chi connectivity index (χ3v) is 17.8. The number of rotatable bonds is 39. The van der Waals surface area contributed by atoms with Crippen molar-refractivity contribution in [2.75, 3.05) is 32.0 Å². The SMILES string of the molecule is CC(C)C[C@H](NC(=O)[C@H](CCCCNC(=O)c1ccc(N)nc1)NC(=O)[C@H](Cc1ccc(O)cc1)NC(=O)[C@H](CO)NC(=O)[C@H](Cc1cccnc1)NC(=O)[C@H](Cc1ccc(Cl)cc1)NC(=O)[C@@H](N)Cc1ccc2ccccc2c1)C(=O)N[C@@H](CCCN=C(N)N)C(=O)N1CCC[C@@H]1C(=O)N[C@@H](C)C(=O)O. The van der Waals surface area contributed by atoms with Crippen LogP contribution in [0.5, 0.6) is 5.75 Å². The van der Waals surface area contributed by atoms with Crippen molar-refractivity contribution in [1.29, 1.82) is 0 Å². The number of carboxylic acids is 1. The Hall–Kier alpha value is -11.3. The second-order valence-electron chi connectivity index (χ2n) is 26.4. The molecule has 0 unspecified atom stereocenters. The fourth-order valence-electron chi connectivity index (χ4n) is 11.8. The molecule has 0 spiro atoms. The molecule has 566 valence electrons. The summed E-state index contributed by atoms with van der Waals surface area (Å²) in [4.78, 5) is 169. The minimum atomic E-state index is -1.83. The average molecular weight is 1480 g/mol. The number of guanidine groups is 1. The second-order valence-corrected chi connectivity index (χ2v) is 26.9. The molecule has 10 amide bonds. The quantitative estimate of drug-likeness (QED) is 0.0144. The van der Waals surface area contributed by atoms with Crippen LogP contribution in [0.1, 0.15) is 105 Å². The number of aromatic nitrogens is 2. The number of aliphatic hydroxyl groups excluding tert-OH is 1. The number of pyridine rings is 2. The molecule has 0 saturated carbocycles. The minimum absolute atomic E-state index is 0.0237. The van der Waals surface area contributed by atoms with Gasteiger partial charge in [-0.25, -0.2) is 4.98 Å². The summed E-state index contributed by atoms with van der Waals surface area (Å²) in [6.45, 7) is 3.95. The largest absolute Gasteiger partial charge is 0.508 e. The van der Waals surface area contributed by atoms with Crippen molar-refractivity contribution in [3.63, 3.8) is 0 Å². The number of anilines is 1. The normalized spacial score (nSPS) is 15.1. The van der Waals surface area contributed by atoms with E-state index in [-0.39, 0.29) is 119 Å². The van der Waals surface area contributed by atoms with Crippen molar-refractivity contribution in [2.45, 2.75) is 158 Å². The van der Waals surface area contributed by atoms with Crippen molar-refractivity contribution in [1.82, 2.24) is 62.7 Å². The van der Waals surface area contributed by atoms with Gasteiger partial charge in [-0.1, -0.05) is 98.2 Å². The zero-order chi connectivity index (χ0) is 77.0. The van der Waals surface area contributed by atoms with E-state index in [1.807, 2.05) is 42.5 Å². The highest BCUT2D eigenvalue weighted by Crippen LogP contribution is 2.23. The number of nitrogens with one attached hydrogen (secondary N) is 9. The number of carbonyl (C=O) groups is 11. The first-order valence-corrected chi connectivity index (χ1v) is 35.3. The number of nitrogens with two attached hydrogens (primary N) is 4. The number of nitrogens with zero attached hydrogens (tertiary/aromatic N) is 4. The molecule has 1 fully saturated rings. The number of hydrogen-bond acceptors (Lipinski definition) is 18. The number of aliphatic carboxylic acids is 1. The average Bonchev–Trinajstić information content (AvgIpc) is 1.63. The molecular weight excluding hydrogens is 1390 g/mol. The van der Waals surface area contributed by atoms with Crippen molar-refractivity contribution in [3.8, 4) is 5.75 Å². The molecular formula is C74H94ClN17O14. The third kappa shape index (κ3) is 25.8. The van der Waals surface area contributed by atoms with E-state index in [1.54, 1.807) is 50.2 Å². The van der Waals surface area contributed by atoms with Crippen molar-refractivity contribution >= 4 is 99.2 Å². The number of aromatic hydroxyl groups is 1. The molecule has 1 aliphatic heterocycles. The smallest absolute Gasteiger partial charge is 0.325 e. The number of carboxylic acid groups (broad SMARTS) is 1. The molecule has 4 aromatic carbocycles. The van der Waals surface area contributed by atoms with Gasteiger partial charge in [0.25, 0.3) is 5.91 Å². The summed E-state index contributed by atoms with van der Waals surface area (Å²) in [5, 5.41) is 57.0. The summed E-state index contributed by atoms with van der Waals surface area (Å²) in [6.07, 6.45) is 4.54. The van der Waals surface area contributed by atoms with Gasteiger partial charge in [0.15, 0.2) is 5.96 Å². The molecule has 7 rings (SSSR count). The standard InChI is InChI=1S/C74H94ClN17O14/c1-42(2)33-56(66(98)86-55(15-9-31-82-74(78)79)72(104)92-32-10-16-61(92)71(103)84-43(3)73(105)106)88-65(97)54(14-6-7-30-81-63(95)50-23-28-62(77)83-40-50)85-67(99)58(37-45-20-26-52(94)27-21-45)90-70(102)60(41-93)91-69(101)59(38-47-11-8-29-80-39-47)89-68(100)57(36-44-18-24-51(75)25-19-44)87-64(96)53(76)35-46-17-22-48-12-4-5-13-49(48)34-46/h4-5,8,11-13,17-29,34,39-40,42-43,53-61,93-94H,6-7,9-10,14-16,30-33,35-38,41,76H2,1-3H3,(H2,77,83)(H,81,95)(H,84,103)(H,85,99)(H,86,98)(H,87,96)(H,88,97)(H,89,100)(H,90,102)(H,91,101)(H,105,106)(H4,78,79,82)/t43-,53-,54-,55-,56-,57-,58-,59-,60-,61+/m0/s1. The molecule has 2 aromatic heterocycles. The van der Waals surface area contributed by atoms with Gasteiger partial charge in [0.05, 0.1) is 18.2 Å². The van der Waals surface area contributed by atoms with Crippen molar-refractivity contribution in [2.24, 2.45) is 28.1 Å². The van der Waals surface area contributed by atoms with E-state index in [4.69, 9.17) is 34.5 Å². The van der Waals surface area contributed by atoms with Gasteiger partial charge in [0.2, 0.25) is 53.2 Å². The summed E-state index contributed by atoms with van der Waals surface area (Å²) in [6, 6.07) is 17.6. The van der Waals surface area contributed by atoms with Crippen LogP contribution in [0.2, 0.25) is 5.02 Å². The van der Waals surface area contributed by atoms with Crippen molar-refractivity contribution in [3.05, 3.63) is 167 Å². The number of phenols is 1. The fourth-order valence-corrected chi connectivity index (χ4v) is 12.0. The van der Waals surface area contributed by atoms with E-state index < -0.39 is 132 Å². The lowest BCUT2D eigenvalue weighted by Gasteiger charge is -2.31. The van der Waals surface area contributed by atoms with Crippen LogP contribution in [0.4, 0.5) is 5.82 Å². The number of nitrogen functional groups attached to an aromatic ring is 1. The number of hydrogen-bond donors (Lipinski definition) is 16. The Morgan fingerprint density at radius 3 is 1.75 bits per heavy atom. The first-order valence-electron chi connectivity index (χ1n) is 34.9. The number of aliphatic hydroxyl groups is 1. The zero-order valence-corrected chi connectivity index (χ0v) is 59.9. The van der Waals surface area contributed by atoms with Gasteiger partial charge in [0.1, 0.15) is 65.9 Å². The van der Waals surface area contributed by atoms with E-state index in [9.17, 15) is 63.3 Å². The van der Waals surface area contributed by atoms with Crippen LogP contribution in [0.3, 0.4) is 0 Å². The van der Waals surface area contributed by atoms with Crippen LogP contribution in [0.25, 0.3) is 10.8 Å². The number of unbranched alkanes of at least 4 members (excludes halogenated alkanes) is 1. The Bertz CT molecular complexity index is 4040. The first-order chi connectivity index (χ1) is 50.6. The Labute approximate surface area is 618 Å². The number of aliphatic imine (C=N–C) groups is 1. The molecule has 6 aromatic rings. The molecule has 1 saturated heterocycles. The first kappa shape index (κ1) is 82.0. The predicted octanol–water partition coefficient (Wildman–Crippen LogP) is 0.835. The maximum absolute atomic E-state index is 15.1. The molecule has 0 radical (unpaired) electrons. The Morgan fingerprint density at radius 2 is 1.15 bits per heavy atom. The summed E-state index contributed by atoms with van der Waals surface area (Å²) in [7, 11) is 0. The van der Waals surface area contributed by atoms with Crippen LogP contribution in [0.15, 0.2) is 139 Å². The lowest BCUT2D eigenvalue weighted by molar-refractivity contribution is -0.144. The molecule has 3 heterocycles. The van der Waals surface area contributed by atoms with Gasteiger partial charge in [-0.15, -0.1) is 0 Å². The molecule has 0 aliphatic carbocycles. The summed E-state index contributed by atoms with van der Waals surface area (Å²) in [5.74, 6) is -9.98. The number of fused-ring (bicyclic) bond motifs is 1. The van der Waals surface area contributed by atoms with E-state index in [1.165, 1.54) is 66.8 Å². The lowest BCUT2D eigenvalue weighted by atomic mass is 10.00. The summed E-state index contributed by atoms with van der Waals surface area (Å²) in [5.41, 5.74) is 25.8. The zero-order valence-electron chi connectivity index (χ0n) is 59.2. The van der Waals surface area contributed by atoms with Crippen LogP contribution in [-0.4, -0.2) is 188 Å². The molecule has 106 heavy (non-hydrogen) atoms. The predicted molar refractivity (Wildman–Crippen MR) is 395 cm³/mol. The van der Waals surface area contributed by atoms with Crippen molar-refractivity contribution < 1.29 is 68.1 Å². The van der Waals surface area contributed by atoms with E-state index >= 15 is 4.79 Å². The number of carbonyl (C=O) groups excluding carboxylic acids is 10. The third-order valence-electron chi connectivity index (χ3n) is 17.6. The number of amides is 10. The summed E-state index contributed by atoms with van der Waals surface area (Å²) < 4.78 is 0. The highest BCUT2D eigenvalue weighted by Gasteiger charge is 2.40. The van der Waals surface area contributed by atoms with E-state index in [0.29, 0.717) is 28.1 Å².